The highest BCUT2D eigenvalue weighted by Gasteiger charge is 2.32. The highest BCUT2D eigenvalue weighted by atomic mass is 32.2. The van der Waals surface area contributed by atoms with Gasteiger partial charge in [-0.05, 0) is 24.5 Å². The maximum absolute atomic E-state index is 12.2. The van der Waals surface area contributed by atoms with Gasteiger partial charge in [-0.15, -0.1) is 0 Å². The first-order chi connectivity index (χ1) is 9.39. The Hall–Kier alpha value is -1.62. The van der Waals surface area contributed by atoms with Gasteiger partial charge in [0.15, 0.2) is 9.84 Å². The van der Waals surface area contributed by atoms with E-state index in [1.165, 1.54) is 4.90 Å². The molecule has 0 radical (unpaired) electrons. The van der Waals surface area contributed by atoms with E-state index in [4.69, 9.17) is 0 Å². The van der Waals surface area contributed by atoms with E-state index in [-0.39, 0.29) is 23.5 Å². The van der Waals surface area contributed by atoms with E-state index >= 15 is 0 Å². The lowest BCUT2D eigenvalue weighted by Crippen LogP contribution is -2.36. The quantitative estimate of drug-likeness (QED) is 0.798. The van der Waals surface area contributed by atoms with Crippen molar-refractivity contribution in [2.24, 2.45) is 0 Å². The number of hydrogen-bond acceptors (Lipinski definition) is 3. The van der Waals surface area contributed by atoms with E-state index in [0.717, 1.165) is 11.1 Å². The van der Waals surface area contributed by atoms with Gasteiger partial charge in [-0.25, -0.2) is 8.42 Å². The summed E-state index contributed by atoms with van der Waals surface area (Å²) in [6, 6.07) is 9.45. The second kappa shape index (κ2) is 5.79. The molecule has 1 heterocycles. The Bertz CT molecular complexity index is 620. The normalized spacial score (nSPS) is 21.7. The minimum Gasteiger partial charge on any atom is -0.338 e. The third kappa shape index (κ3) is 3.48. The third-order valence-electron chi connectivity index (χ3n) is 3.67. The maximum Gasteiger partial charge on any atom is 0.246 e. The molecule has 20 heavy (non-hydrogen) atoms. The fourth-order valence-corrected chi connectivity index (χ4v) is 4.11. The van der Waals surface area contributed by atoms with Crippen LogP contribution in [0.5, 0.6) is 0 Å². The predicted molar refractivity (Wildman–Crippen MR) is 79.9 cm³/mol. The number of allylic oxidation sites excluding steroid dienone is 1. The zero-order valence-electron chi connectivity index (χ0n) is 11.7. The van der Waals surface area contributed by atoms with Gasteiger partial charge in [-0.3, -0.25) is 4.79 Å². The van der Waals surface area contributed by atoms with Crippen LogP contribution in [0.1, 0.15) is 18.9 Å². The zero-order chi connectivity index (χ0) is 14.8. The van der Waals surface area contributed by atoms with Crippen LogP contribution in [-0.4, -0.2) is 43.8 Å². The van der Waals surface area contributed by atoms with Crippen molar-refractivity contribution in [2.45, 2.75) is 19.4 Å². The largest absolute Gasteiger partial charge is 0.338 e. The molecule has 2 rings (SSSR count). The van der Waals surface area contributed by atoms with Crippen LogP contribution < -0.4 is 0 Å². The van der Waals surface area contributed by atoms with Crippen molar-refractivity contribution >= 4 is 21.3 Å². The number of nitrogens with zero attached hydrogens (tertiary/aromatic N) is 1. The molecule has 0 spiro atoms. The lowest BCUT2D eigenvalue weighted by atomic mass is 10.1. The van der Waals surface area contributed by atoms with Crippen molar-refractivity contribution in [3.8, 4) is 0 Å². The summed E-state index contributed by atoms with van der Waals surface area (Å²) in [5, 5.41) is 0. The van der Waals surface area contributed by atoms with Crippen LogP contribution in [-0.2, 0) is 14.6 Å². The number of amides is 1. The average Bonchev–Trinajstić information content (AvgIpc) is 2.79. The first-order valence-corrected chi connectivity index (χ1v) is 8.42. The van der Waals surface area contributed by atoms with E-state index in [0.29, 0.717) is 6.42 Å². The van der Waals surface area contributed by atoms with Crippen molar-refractivity contribution in [1.82, 2.24) is 4.90 Å². The van der Waals surface area contributed by atoms with Gasteiger partial charge in [0.2, 0.25) is 5.91 Å². The SMILES string of the molecule is C/C(=C\C(=O)N(C)C1CCS(=O)(=O)C1)c1ccccc1. The van der Waals surface area contributed by atoms with Crippen molar-refractivity contribution in [2.75, 3.05) is 18.6 Å². The molecule has 1 fully saturated rings. The zero-order valence-corrected chi connectivity index (χ0v) is 12.6. The standard InChI is InChI=1S/C15H19NO3S/c1-12(13-6-4-3-5-7-13)10-15(17)16(2)14-8-9-20(18,19)11-14/h3-7,10,14H,8-9,11H2,1-2H3/b12-10+. The Kier molecular flexibility index (Phi) is 4.28. The number of carbonyl (C=O) groups excluding carboxylic acids is 1. The van der Waals surface area contributed by atoms with Crippen LogP contribution in [0, 0.1) is 0 Å². The molecule has 108 valence electrons. The summed E-state index contributed by atoms with van der Waals surface area (Å²) in [7, 11) is -1.30. The number of likely N-dealkylation sites (N-methyl/N-ethyl adjacent to an activating group) is 1. The number of benzene rings is 1. The molecule has 1 saturated heterocycles. The highest BCUT2D eigenvalue weighted by Crippen LogP contribution is 2.18. The molecular weight excluding hydrogens is 274 g/mol. The molecule has 1 aliphatic heterocycles. The number of sulfone groups is 1. The molecule has 1 amide bonds. The smallest absolute Gasteiger partial charge is 0.246 e. The Morgan fingerprint density at radius 2 is 1.95 bits per heavy atom. The van der Waals surface area contributed by atoms with Gasteiger partial charge in [-0.2, -0.15) is 0 Å². The first-order valence-electron chi connectivity index (χ1n) is 6.60. The molecule has 5 heteroatoms. The maximum atomic E-state index is 12.2. The van der Waals surface area contributed by atoms with Crippen LogP contribution in [0.25, 0.3) is 5.57 Å². The fraction of sp³-hybridized carbons (Fsp3) is 0.400. The molecule has 0 N–H and O–H groups in total. The monoisotopic (exact) mass is 293 g/mol. The second-order valence-corrected chi connectivity index (χ2v) is 7.43. The van der Waals surface area contributed by atoms with Crippen LogP contribution >= 0.6 is 0 Å². The lowest BCUT2D eigenvalue weighted by molar-refractivity contribution is -0.126. The molecule has 4 nitrogen and oxygen atoms in total. The third-order valence-corrected chi connectivity index (χ3v) is 5.42. The van der Waals surface area contributed by atoms with Gasteiger partial charge >= 0.3 is 0 Å². The van der Waals surface area contributed by atoms with E-state index in [1.807, 2.05) is 37.3 Å². The first kappa shape index (κ1) is 14.8. The Morgan fingerprint density at radius 1 is 1.30 bits per heavy atom. The van der Waals surface area contributed by atoms with Crippen molar-refractivity contribution in [1.29, 1.82) is 0 Å². The lowest BCUT2D eigenvalue weighted by Gasteiger charge is -2.22. The molecule has 1 aromatic rings. The van der Waals surface area contributed by atoms with E-state index in [1.54, 1.807) is 13.1 Å². The summed E-state index contributed by atoms with van der Waals surface area (Å²) < 4.78 is 22.9. The summed E-state index contributed by atoms with van der Waals surface area (Å²) >= 11 is 0. The number of hydrogen-bond donors (Lipinski definition) is 0. The van der Waals surface area contributed by atoms with Crippen LogP contribution in [0.2, 0.25) is 0 Å². The van der Waals surface area contributed by atoms with Crippen LogP contribution in [0.15, 0.2) is 36.4 Å². The van der Waals surface area contributed by atoms with Gasteiger partial charge in [0.05, 0.1) is 11.5 Å². The molecule has 0 saturated carbocycles. The Morgan fingerprint density at radius 3 is 2.50 bits per heavy atom. The van der Waals surface area contributed by atoms with Gasteiger partial charge in [-0.1, -0.05) is 30.3 Å². The summed E-state index contributed by atoms with van der Waals surface area (Å²) in [6.45, 7) is 1.88. The van der Waals surface area contributed by atoms with E-state index < -0.39 is 9.84 Å². The fourth-order valence-electron chi connectivity index (χ4n) is 2.33. The Balaban J connectivity index is 2.08. The minimum absolute atomic E-state index is 0.0768. The van der Waals surface area contributed by atoms with E-state index in [9.17, 15) is 13.2 Å². The summed E-state index contributed by atoms with van der Waals surface area (Å²) in [5.74, 6) is 0.109. The second-order valence-electron chi connectivity index (χ2n) is 5.20. The van der Waals surface area contributed by atoms with Crippen LogP contribution in [0.3, 0.4) is 0 Å². The Labute approximate surface area is 120 Å². The molecule has 1 atom stereocenters. The van der Waals surface area contributed by atoms with Crippen molar-refractivity contribution < 1.29 is 13.2 Å². The summed E-state index contributed by atoms with van der Waals surface area (Å²) in [5.41, 5.74) is 1.87. The molecule has 1 aromatic carbocycles. The van der Waals surface area contributed by atoms with Gasteiger partial charge in [0.25, 0.3) is 0 Å². The summed E-state index contributed by atoms with van der Waals surface area (Å²) in [6.07, 6.45) is 2.10. The molecule has 1 aliphatic rings. The molecule has 0 bridgehead atoms. The number of rotatable bonds is 3. The van der Waals surface area contributed by atoms with Gasteiger partial charge in [0, 0.05) is 19.2 Å². The van der Waals surface area contributed by atoms with Crippen LogP contribution in [0.4, 0.5) is 0 Å². The van der Waals surface area contributed by atoms with E-state index in [2.05, 4.69) is 0 Å². The van der Waals surface area contributed by atoms with Crippen molar-refractivity contribution in [3.63, 3.8) is 0 Å². The molecule has 0 aromatic heterocycles. The predicted octanol–water partition coefficient (Wildman–Crippen LogP) is 1.74. The topological polar surface area (TPSA) is 54.5 Å². The molecular formula is C15H19NO3S. The molecule has 1 unspecified atom stereocenters. The minimum atomic E-state index is -2.97. The molecule has 0 aliphatic carbocycles. The van der Waals surface area contributed by atoms with Crippen molar-refractivity contribution in [3.05, 3.63) is 42.0 Å². The van der Waals surface area contributed by atoms with Gasteiger partial charge < -0.3 is 4.90 Å². The highest BCUT2D eigenvalue weighted by molar-refractivity contribution is 7.91. The number of carbonyl (C=O) groups is 1. The van der Waals surface area contributed by atoms with Gasteiger partial charge in [0.1, 0.15) is 0 Å². The summed E-state index contributed by atoms with van der Waals surface area (Å²) in [4.78, 5) is 13.7. The average molecular weight is 293 g/mol.